The summed E-state index contributed by atoms with van der Waals surface area (Å²) in [4.78, 5) is 17.1. The van der Waals surface area contributed by atoms with Crippen molar-refractivity contribution < 1.29 is 13.2 Å². The smallest absolute Gasteiger partial charge is 0.263 e. The molecule has 0 atom stereocenters. The quantitative estimate of drug-likeness (QED) is 0.419. The Hall–Kier alpha value is -4.24. The number of fused-ring (bicyclic) bond motifs is 1. The van der Waals surface area contributed by atoms with Crippen molar-refractivity contribution in [2.45, 2.75) is 17.9 Å². The van der Waals surface area contributed by atoms with Crippen LogP contribution in [0.25, 0.3) is 16.9 Å². The molecule has 3 aromatic carbocycles. The number of benzene rings is 3. The second-order valence-electron chi connectivity index (χ2n) is 8.01. The Bertz CT molecular complexity index is 1500. The normalized spacial score (nSPS) is 14.9. The van der Waals surface area contributed by atoms with E-state index in [-0.39, 0.29) is 29.6 Å². The van der Waals surface area contributed by atoms with E-state index in [1.807, 2.05) is 66.9 Å². The highest BCUT2D eigenvalue weighted by atomic mass is 32.2. The van der Waals surface area contributed by atoms with Crippen molar-refractivity contribution in [3.63, 3.8) is 0 Å². The molecule has 0 saturated carbocycles. The van der Waals surface area contributed by atoms with Gasteiger partial charge in [0.2, 0.25) is 5.91 Å². The van der Waals surface area contributed by atoms with Crippen LogP contribution in [0.2, 0.25) is 0 Å². The standard InChI is InChI=1S/C26H23N5O3S/c32-24(15-16-27-26-22-13-7-8-14-23(22)35(33,34)30-26)28-17-20-18-31(21-11-5-2-6-12-21)29-25(20)19-9-3-1-4-10-19/h1-14,18H,15-17H2,(H,27,30)(H,28,32). The summed E-state index contributed by atoms with van der Waals surface area (Å²) in [6, 6.07) is 26.3. The lowest BCUT2D eigenvalue weighted by molar-refractivity contribution is -0.121. The number of amidine groups is 1. The molecule has 1 aliphatic heterocycles. The van der Waals surface area contributed by atoms with Gasteiger partial charge in [-0.3, -0.25) is 14.5 Å². The Morgan fingerprint density at radius 3 is 2.40 bits per heavy atom. The predicted molar refractivity (Wildman–Crippen MR) is 134 cm³/mol. The number of hydrogen-bond acceptors (Lipinski definition) is 5. The molecule has 0 aliphatic carbocycles. The Morgan fingerprint density at radius 1 is 0.943 bits per heavy atom. The maximum Gasteiger partial charge on any atom is 0.263 e. The second kappa shape index (κ2) is 9.55. The maximum atomic E-state index is 12.5. The fraction of sp³-hybridized carbons (Fsp3) is 0.115. The van der Waals surface area contributed by atoms with Crippen LogP contribution < -0.4 is 10.0 Å². The van der Waals surface area contributed by atoms with Gasteiger partial charge in [-0.25, -0.2) is 13.1 Å². The lowest BCUT2D eigenvalue weighted by atomic mass is 10.1. The minimum atomic E-state index is -3.59. The second-order valence-corrected chi connectivity index (χ2v) is 9.66. The van der Waals surface area contributed by atoms with Crippen molar-refractivity contribution in [1.29, 1.82) is 0 Å². The van der Waals surface area contributed by atoms with Crippen LogP contribution in [0, 0.1) is 0 Å². The van der Waals surface area contributed by atoms with E-state index in [9.17, 15) is 13.2 Å². The van der Waals surface area contributed by atoms with Crippen molar-refractivity contribution in [1.82, 2.24) is 19.8 Å². The molecule has 176 valence electrons. The van der Waals surface area contributed by atoms with E-state index < -0.39 is 10.0 Å². The first-order valence-electron chi connectivity index (χ1n) is 11.1. The molecule has 0 saturated heterocycles. The van der Waals surface area contributed by atoms with Crippen LogP contribution in [-0.2, 0) is 21.4 Å². The summed E-state index contributed by atoms with van der Waals surface area (Å²) in [6.45, 7) is 0.467. The Balaban J connectivity index is 1.27. The monoisotopic (exact) mass is 485 g/mol. The van der Waals surface area contributed by atoms with Gasteiger partial charge in [-0.2, -0.15) is 5.10 Å². The fourth-order valence-corrected chi connectivity index (χ4v) is 5.14. The van der Waals surface area contributed by atoms with Crippen LogP contribution >= 0.6 is 0 Å². The van der Waals surface area contributed by atoms with Gasteiger partial charge in [0, 0.05) is 35.9 Å². The van der Waals surface area contributed by atoms with E-state index in [1.54, 1.807) is 22.9 Å². The van der Waals surface area contributed by atoms with E-state index >= 15 is 0 Å². The summed E-state index contributed by atoms with van der Waals surface area (Å²) in [6.07, 6.45) is 2.04. The Labute approximate surface area is 203 Å². The number of sulfonamides is 1. The van der Waals surface area contributed by atoms with Gasteiger partial charge in [-0.05, 0) is 24.3 Å². The van der Waals surface area contributed by atoms with Crippen LogP contribution in [0.15, 0.2) is 101 Å². The summed E-state index contributed by atoms with van der Waals surface area (Å²) in [5, 5.41) is 7.69. The zero-order chi connectivity index (χ0) is 24.3. The van der Waals surface area contributed by atoms with Gasteiger partial charge in [-0.15, -0.1) is 0 Å². The zero-order valence-electron chi connectivity index (χ0n) is 18.8. The summed E-state index contributed by atoms with van der Waals surface area (Å²) in [7, 11) is -3.59. The molecule has 35 heavy (non-hydrogen) atoms. The summed E-state index contributed by atoms with van der Waals surface area (Å²) in [5.41, 5.74) is 4.10. The van der Waals surface area contributed by atoms with Crippen molar-refractivity contribution in [3.8, 4) is 16.9 Å². The molecule has 2 heterocycles. The number of carbonyl (C=O) groups excluding carboxylic acids is 1. The highest BCUT2D eigenvalue weighted by Crippen LogP contribution is 2.24. The van der Waals surface area contributed by atoms with E-state index in [0.29, 0.717) is 12.1 Å². The van der Waals surface area contributed by atoms with Crippen LogP contribution in [0.5, 0.6) is 0 Å². The molecular formula is C26H23N5O3S. The summed E-state index contributed by atoms with van der Waals surface area (Å²) >= 11 is 0. The zero-order valence-corrected chi connectivity index (χ0v) is 19.6. The van der Waals surface area contributed by atoms with Crippen LogP contribution in [0.1, 0.15) is 17.5 Å². The van der Waals surface area contributed by atoms with Crippen molar-refractivity contribution in [2.24, 2.45) is 4.99 Å². The molecule has 0 bridgehead atoms. The van der Waals surface area contributed by atoms with Crippen LogP contribution in [-0.4, -0.2) is 36.5 Å². The number of rotatable bonds is 7. The number of hydrogen-bond donors (Lipinski definition) is 2. The third-order valence-corrected chi connectivity index (χ3v) is 7.00. The van der Waals surface area contributed by atoms with Gasteiger partial charge in [0.25, 0.3) is 10.0 Å². The topological polar surface area (TPSA) is 105 Å². The van der Waals surface area contributed by atoms with E-state index in [0.717, 1.165) is 22.5 Å². The molecule has 0 spiro atoms. The first-order valence-corrected chi connectivity index (χ1v) is 12.6. The Kier molecular flexibility index (Phi) is 6.15. The Morgan fingerprint density at radius 2 is 1.63 bits per heavy atom. The van der Waals surface area contributed by atoms with E-state index in [2.05, 4.69) is 15.0 Å². The van der Waals surface area contributed by atoms with Crippen molar-refractivity contribution in [2.75, 3.05) is 6.54 Å². The average molecular weight is 486 g/mol. The highest BCUT2D eigenvalue weighted by Gasteiger charge is 2.29. The molecule has 5 rings (SSSR count). The number of aliphatic imine (C=N–C) groups is 1. The maximum absolute atomic E-state index is 12.5. The number of para-hydroxylation sites is 1. The molecule has 0 unspecified atom stereocenters. The van der Waals surface area contributed by atoms with E-state index in [4.69, 9.17) is 5.10 Å². The minimum Gasteiger partial charge on any atom is -0.352 e. The lowest BCUT2D eigenvalue weighted by Gasteiger charge is -2.05. The third kappa shape index (κ3) is 4.85. The fourth-order valence-electron chi connectivity index (χ4n) is 3.89. The number of carbonyl (C=O) groups is 1. The predicted octanol–water partition coefficient (Wildman–Crippen LogP) is 3.28. The van der Waals surface area contributed by atoms with Gasteiger partial charge in [0.05, 0.1) is 22.8 Å². The molecule has 1 amide bonds. The van der Waals surface area contributed by atoms with Gasteiger partial charge < -0.3 is 5.32 Å². The van der Waals surface area contributed by atoms with Gasteiger partial charge in [0.1, 0.15) is 5.84 Å². The first kappa shape index (κ1) is 22.5. The molecule has 2 N–H and O–H groups in total. The summed E-state index contributed by atoms with van der Waals surface area (Å²) < 4.78 is 28.6. The van der Waals surface area contributed by atoms with Crippen molar-refractivity contribution in [3.05, 3.63) is 102 Å². The molecule has 1 aliphatic rings. The highest BCUT2D eigenvalue weighted by molar-refractivity contribution is 7.90. The van der Waals surface area contributed by atoms with Gasteiger partial charge in [-0.1, -0.05) is 60.7 Å². The molecule has 9 heteroatoms. The number of aromatic nitrogens is 2. The minimum absolute atomic E-state index is 0.126. The van der Waals surface area contributed by atoms with E-state index in [1.165, 1.54) is 6.07 Å². The molecule has 8 nitrogen and oxygen atoms in total. The average Bonchev–Trinajstić information content (AvgIpc) is 3.43. The molecule has 1 aromatic heterocycles. The van der Waals surface area contributed by atoms with Crippen molar-refractivity contribution >= 4 is 21.8 Å². The van der Waals surface area contributed by atoms with Gasteiger partial charge in [0.15, 0.2) is 0 Å². The number of nitrogens with one attached hydrogen (secondary N) is 2. The number of amides is 1. The molecule has 0 radical (unpaired) electrons. The van der Waals surface area contributed by atoms with Crippen LogP contribution in [0.4, 0.5) is 0 Å². The summed E-state index contributed by atoms with van der Waals surface area (Å²) in [5.74, 6) is 0.0823. The molecule has 4 aromatic rings. The SMILES string of the molecule is O=C(CCN=C1NS(=O)(=O)c2ccccc21)NCc1cn(-c2ccccc2)nc1-c1ccccc1. The van der Waals surface area contributed by atoms with Gasteiger partial charge >= 0.3 is 0 Å². The van der Waals surface area contributed by atoms with Crippen LogP contribution in [0.3, 0.4) is 0 Å². The molecular weight excluding hydrogens is 462 g/mol. The third-order valence-electron chi connectivity index (χ3n) is 5.61. The first-order chi connectivity index (χ1) is 17.0. The molecule has 0 fully saturated rings. The lowest BCUT2D eigenvalue weighted by Crippen LogP contribution is -2.25. The largest absolute Gasteiger partial charge is 0.352 e. The number of nitrogens with zero attached hydrogens (tertiary/aromatic N) is 3.